The van der Waals surface area contributed by atoms with Crippen molar-refractivity contribution in [1.82, 2.24) is 4.98 Å². The van der Waals surface area contributed by atoms with Gasteiger partial charge in [-0.3, -0.25) is 4.79 Å². The first kappa shape index (κ1) is 17.0. The second-order valence-electron chi connectivity index (χ2n) is 5.84. The van der Waals surface area contributed by atoms with E-state index in [4.69, 9.17) is 5.73 Å². The number of aryl methyl sites for hydroxylation is 1. The number of pyridine rings is 1. The van der Waals surface area contributed by atoms with Crippen molar-refractivity contribution in [2.24, 2.45) is 0 Å². The molecule has 126 valence electrons. The van der Waals surface area contributed by atoms with Crippen LogP contribution < -0.4 is 11.3 Å². The van der Waals surface area contributed by atoms with Gasteiger partial charge in [0.2, 0.25) is 0 Å². The van der Waals surface area contributed by atoms with Gasteiger partial charge in [0, 0.05) is 5.56 Å². The Balaban J connectivity index is 2.11. The van der Waals surface area contributed by atoms with Crippen molar-refractivity contribution in [3.8, 4) is 34.4 Å². The molecule has 0 aliphatic carbocycles. The highest BCUT2D eigenvalue weighted by molar-refractivity contribution is 5.81. The number of nitriles is 2. The summed E-state index contributed by atoms with van der Waals surface area (Å²) in [5, 5.41) is 18.7. The number of nitrogens with one attached hydrogen (secondary N) is 1. The fraction of sp³-hybridized carbons (Fsp3) is 0.0952. The van der Waals surface area contributed by atoms with E-state index in [1.807, 2.05) is 24.3 Å². The Morgan fingerprint density at radius 2 is 1.38 bits per heavy atom. The van der Waals surface area contributed by atoms with Gasteiger partial charge in [-0.1, -0.05) is 55.5 Å². The van der Waals surface area contributed by atoms with Crippen molar-refractivity contribution in [1.29, 1.82) is 10.5 Å². The lowest BCUT2D eigenvalue weighted by Crippen LogP contribution is -2.16. The van der Waals surface area contributed by atoms with Gasteiger partial charge in [-0.05, 0) is 28.7 Å². The van der Waals surface area contributed by atoms with Crippen LogP contribution in [0, 0.1) is 22.7 Å². The average Bonchev–Trinajstić information content (AvgIpc) is 2.68. The van der Waals surface area contributed by atoms with Gasteiger partial charge in [-0.25, -0.2) is 0 Å². The molecule has 3 rings (SSSR count). The maximum atomic E-state index is 12.0. The second kappa shape index (κ2) is 6.96. The summed E-state index contributed by atoms with van der Waals surface area (Å²) in [4.78, 5) is 14.4. The van der Waals surface area contributed by atoms with Gasteiger partial charge in [0.05, 0.1) is 0 Å². The predicted octanol–water partition coefficient (Wildman–Crippen LogP) is 3.60. The SMILES string of the molecule is CCc1ccc(-c2ccc(-c3c(C#N)c(N)[nH]c(=O)c3C#N)cc2)cc1. The van der Waals surface area contributed by atoms with Gasteiger partial charge in [-0.15, -0.1) is 0 Å². The summed E-state index contributed by atoms with van der Waals surface area (Å²) in [6.45, 7) is 2.11. The molecule has 2 aromatic carbocycles. The van der Waals surface area contributed by atoms with Crippen LogP contribution in [0.5, 0.6) is 0 Å². The van der Waals surface area contributed by atoms with E-state index in [1.165, 1.54) is 5.56 Å². The highest BCUT2D eigenvalue weighted by Gasteiger charge is 2.18. The Kier molecular flexibility index (Phi) is 4.55. The number of hydrogen-bond donors (Lipinski definition) is 2. The van der Waals surface area contributed by atoms with Crippen molar-refractivity contribution in [3.05, 3.63) is 75.6 Å². The quantitative estimate of drug-likeness (QED) is 0.759. The molecule has 1 heterocycles. The molecule has 0 saturated carbocycles. The number of anilines is 1. The Bertz CT molecular complexity index is 1100. The summed E-state index contributed by atoms with van der Waals surface area (Å²) in [7, 11) is 0. The zero-order chi connectivity index (χ0) is 18.7. The maximum Gasteiger partial charge on any atom is 0.268 e. The number of rotatable bonds is 3. The second-order valence-corrected chi connectivity index (χ2v) is 5.84. The third-order valence-electron chi connectivity index (χ3n) is 4.34. The lowest BCUT2D eigenvalue weighted by molar-refractivity contribution is 1.14. The molecule has 0 saturated heterocycles. The molecule has 0 amide bonds. The standard InChI is InChI=1S/C21H16N4O/c1-2-13-3-5-14(6-4-13)15-7-9-16(10-8-15)19-17(11-22)20(24)25-21(26)18(19)12-23/h3-10H,2H2,1H3,(H3,24,25,26). The maximum absolute atomic E-state index is 12.0. The van der Waals surface area contributed by atoms with Crippen LogP contribution in [0.25, 0.3) is 22.3 Å². The lowest BCUT2D eigenvalue weighted by atomic mass is 9.94. The molecule has 0 atom stereocenters. The highest BCUT2D eigenvalue weighted by atomic mass is 16.1. The summed E-state index contributed by atoms with van der Waals surface area (Å²) in [5.74, 6) is -0.0364. The van der Waals surface area contributed by atoms with Gasteiger partial charge in [0.15, 0.2) is 0 Å². The molecule has 0 aliphatic heterocycles. The number of benzene rings is 2. The molecule has 3 N–H and O–H groups in total. The van der Waals surface area contributed by atoms with Crippen LogP contribution in [0.4, 0.5) is 5.82 Å². The van der Waals surface area contributed by atoms with Crippen molar-refractivity contribution in [2.45, 2.75) is 13.3 Å². The van der Waals surface area contributed by atoms with Crippen LogP contribution in [0.1, 0.15) is 23.6 Å². The van der Waals surface area contributed by atoms with Gasteiger partial charge >= 0.3 is 0 Å². The fourth-order valence-electron chi connectivity index (χ4n) is 2.89. The van der Waals surface area contributed by atoms with Crippen molar-refractivity contribution in [3.63, 3.8) is 0 Å². The number of hydrogen-bond acceptors (Lipinski definition) is 4. The van der Waals surface area contributed by atoms with Crippen LogP contribution in [0.15, 0.2) is 53.3 Å². The minimum atomic E-state index is -0.599. The van der Waals surface area contributed by atoms with E-state index < -0.39 is 5.56 Å². The number of aromatic amines is 1. The fourth-order valence-corrected chi connectivity index (χ4v) is 2.89. The topological polar surface area (TPSA) is 106 Å². The predicted molar refractivity (Wildman–Crippen MR) is 101 cm³/mol. The lowest BCUT2D eigenvalue weighted by Gasteiger charge is -2.10. The molecule has 3 aromatic rings. The Morgan fingerprint density at radius 1 is 0.885 bits per heavy atom. The van der Waals surface area contributed by atoms with E-state index in [2.05, 4.69) is 36.2 Å². The summed E-state index contributed by atoms with van der Waals surface area (Å²) < 4.78 is 0. The number of nitrogens with zero attached hydrogens (tertiary/aromatic N) is 2. The zero-order valence-corrected chi connectivity index (χ0v) is 14.2. The Labute approximate surface area is 151 Å². The van der Waals surface area contributed by atoms with Crippen LogP contribution in [-0.2, 0) is 6.42 Å². The van der Waals surface area contributed by atoms with Gasteiger partial charge in [-0.2, -0.15) is 10.5 Å². The first-order valence-electron chi connectivity index (χ1n) is 8.14. The highest BCUT2D eigenvalue weighted by Crippen LogP contribution is 2.30. The smallest absolute Gasteiger partial charge is 0.268 e. The van der Waals surface area contributed by atoms with Crippen molar-refractivity contribution >= 4 is 5.82 Å². The first-order chi connectivity index (χ1) is 12.6. The van der Waals surface area contributed by atoms with Crippen LogP contribution in [0.2, 0.25) is 0 Å². The number of H-pyrrole nitrogens is 1. The summed E-state index contributed by atoms with van der Waals surface area (Å²) in [5.41, 5.74) is 9.35. The number of nitrogens with two attached hydrogens (primary N) is 1. The molecular weight excluding hydrogens is 324 g/mol. The number of aromatic nitrogens is 1. The molecule has 5 heteroatoms. The molecule has 0 aliphatic rings. The van der Waals surface area contributed by atoms with Crippen LogP contribution in [-0.4, -0.2) is 4.98 Å². The molecule has 0 spiro atoms. The molecule has 0 fully saturated rings. The average molecular weight is 340 g/mol. The summed E-state index contributed by atoms with van der Waals surface area (Å²) in [6.07, 6.45) is 0.983. The van der Waals surface area contributed by atoms with E-state index in [-0.39, 0.29) is 22.5 Å². The Morgan fingerprint density at radius 3 is 1.88 bits per heavy atom. The minimum Gasteiger partial charge on any atom is -0.384 e. The van der Waals surface area contributed by atoms with E-state index in [1.54, 1.807) is 12.1 Å². The normalized spacial score (nSPS) is 10.1. The molecule has 5 nitrogen and oxygen atoms in total. The van der Waals surface area contributed by atoms with Crippen LogP contribution in [0.3, 0.4) is 0 Å². The summed E-state index contributed by atoms with van der Waals surface area (Å²) in [6, 6.07) is 19.5. The third kappa shape index (κ3) is 2.94. The molecule has 0 unspecified atom stereocenters. The van der Waals surface area contributed by atoms with Gasteiger partial charge < -0.3 is 10.7 Å². The molecule has 26 heavy (non-hydrogen) atoms. The van der Waals surface area contributed by atoms with E-state index >= 15 is 0 Å². The third-order valence-corrected chi connectivity index (χ3v) is 4.34. The van der Waals surface area contributed by atoms with Gasteiger partial charge in [0.1, 0.15) is 29.1 Å². The molecular formula is C21H16N4O. The first-order valence-corrected chi connectivity index (χ1v) is 8.14. The zero-order valence-electron chi connectivity index (χ0n) is 14.2. The Hall–Kier alpha value is -3.83. The van der Waals surface area contributed by atoms with E-state index in [0.717, 1.165) is 17.5 Å². The van der Waals surface area contributed by atoms with E-state index in [0.29, 0.717) is 5.56 Å². The largest absolute Gasteiger partial charge is 0.384 e. The number of nitrogen functional groups attached to an aromatic ring is 1. The summed E-state index contributed by atoms with van der Waals surface area (Å²) >= 11 is 0. The monoisotopic (exact) mass is 340 g/mol. The molecule has 0 bridgehead atoms. The minimum absolute atomic E-state index is 0.0364. The van der Waals surface area contributed by atoms with Crippen LogP contribution >= 0.6 is 0 Å². The molecule has 0 radical (unpaired) electrons. The van der Waals surface area contributed by atoms with E-state index in [9.17, 15) is 15.3 Å². The molecule has 1 aromatic heterocycles. The van der Waals surface area contributed by atoms with Gasteiger partial charge in [0.25, 0.3) is 5.56 Å². The van der Waals surface area contributed by atoms with Crippen molar-refractivity contribution < 1.29 is 0 Å². The van der Waals surface area contributed by atoms with Crippen molar-refractivity contribution in [2.75, 3.05) is 5.73 Å².